The molecular formula is C24H20ClFN2O3. The summed E-state index contributed by atoms with van der Waals surface area (Å²) in [7, 11) is 3.12. The number of carbonyl (C=O) groups excluding carboxylic acids is 1. The summed E-state index contributed by atoms with van der Waals surface area (Å²) in [5.74, 6) is 0.384. The number of hydrazone groups is 1. The zero-order valence-corrected chi connectivity index (χ0v) is 17.8. The molecule has 3 aromatic rings. The van der Waals surface area contributed by atoms with Gasteiger partial charge in [0.25, 0.3) is 5.91 Å². The molecule has 0 N–H and O–H groups in total. The fraction of sp³-hybridized carbons (Fsp3) is 0.167. The molecule has 7 heteroatoms. The van der Waals surface area contributed by atoms with Crippen LogP contribution in [0.25, 0.3) is 0 Å². The van der Waals surface area contributed by atoms with E-state index in [0.29, 0.717) is 45.3 Å². The highest BCUT2D eigenvalue weighted by Gasteiger charge is 2.36. The molecule has 0 unspecified atom stereocenters. The molecule has 1 aliphatic rings. The topological polar surface area (TPSA) is 51.1 Å². The molecule has 1 atom stereocenters. The average molecular weight is 439 g/mol. The fourth-order valence-electron chi connectivity index (χ4n) is 3.64. The molecule has 4 rings (SSSR count). The normalized spacial score (nSPS) is 15.5. The summed E-state index contributed by atoms with van der Waals surface area (Å²) in [5, 5.41) is 6.21. The van der Waals surface area contributed by atoms with Gasteiger partial charge in [0.2, 0.25) is 0 Å². The quantitative estimate of drug-likeness (QED) is 0.529. The smallest absolute Gasteiger partial charge is 0.276 e. The Kier molecular flexibility index (Phi) is 5.91. The van der Waals surface area contributed by atoms with Crippen molar-refractivity contribution < 1.29 is 18.7 Å². The number of ether oxygens (including phenoxy) is 2. The monoisotopic (exact) mass is 438 g/mol. The van der Waals surface area contributed by atoms with Gasteiger partial charge in [-0.25, -0.2) is 9.40 Å². The Morgan fingerprint density at radius 2 is 1.81 bits per heavy atom. The summed E-state index contributed by atoms with van der Waals surface area (Å²) in [6.07, 6.45) is 0.319. The van der Waals surface area contributed by atoms with E-state index in [1.54, 1.807) is 68.8 Å². The molecule has 31 heavy (non-hydrogen) atoms. The van der Waals surface area contributed by atoms with Gasteiger partial charge in [-0.15, -0.1) is 0 Å². The molecular weight excluding hydrogens is 419 g/mol. The molecule has 1 aliphatic heterocycles. The number of rotatable bonds is 5. The number of nitrogens with zero attached hydrogens (tertiary/aromatic N) is 2. The lowest BCUT2D eigenvalue weighted by atomic mass is 9.97. The summed E-state index contributed by atoms with van der Waals surface area (Å²) in [5.41, 5.74) is 2.00. The van der Waals surface area contributed by atoms with E-state index in [4.69, 9.17) is 21.1 Å². The first kappa shape index (κ1) is 20.9. The van der Waals surface area contributed by atoms with Gasteiger partial charge >= 0.3 is 0 Å². The highest BCUT2D eigenvalue weighted by atomic mass is 35.5. The zero-order chi connectivity index (χ0) is 22.0. The Bertz CT molecular complexity index is 1170. The first-order valence-corrected chi connectivity index (χ1v) is 10.0. The molecule has 0 bridgehead atoms. The lowest BCUT2D eigenvalue weighted by molar-refractivity contribution is 0.0709. The highest BCUT2D eigenvalue weighted by Crippen LogP contribution is 2.38. The lowest BCUT2D eigenvalue weighted by Crippen LogP contribution is -2.27. The summed E-state index contributed by atoms with van der Waals surface area (Å²) < 4.78 is 25.4. The number of carbonyl (C=O) groups is 1. The second-order valence-electron chi connectivity index (χ2n) is 6.98. The second kappa shape index (κ2) is 8.78. The number of amides is 1. The SMILES string of the molecule is COc1ccc(C2=NN(C(=O)c3ccccc3Cl)[C@H](c3ccccc3F)C2)c(OC)c1. The average Bonchev–Trinajstić information content (AvgIpc) is 3.23. The number of halogens is 2. The molecule has 0 radical (unpaired) electrons. The maximum absolute atomic E-state index is 14.7. The van der Waals surface area contributed by atoms with Crippen LogP contribution in [0.1, 0.15) is 33.9 Å². The van der Waals surface area contributed by atoms with Gasteiger partial charge in [0.15, 0.2) is 0 Å². The molecule has 5 nitrogen and oxygen atoms in total. The Morgan fingerprint density at radius 1 is 1.06 bits per heavy atom. The van der Waals surface area contributed by atoms with Gasteiger partial charge in [-0.1, -0.05) is 41.9 Å². The Balaban J connectivity index is 1.80. The second-order valence-corrected chi connectivity index (χ2v) is 7.39. The van der Waals surface area contributed by atoms with Gasteiger partial charge in [0, 0.05) is 23.6 Å². The van der Waals surface area contributed by atoms with Crippen LogP contribution in [0.3, 0.4) is 0 Å². The van der Waals surface area contributed by atoms with Crippen LogP contribution in [0, 0.1) is 5.82 Å². The van der Waals surface area contributed by atoms with Crippen molar-refractivity contribution in [3.8, 4) is 11.5 Å². The van der Waals surface area contributed by atoms with Crippen LogP contribution in [0.5, 0.6) is 11.5 Å². The Morgan fingerprint density at radius 3 is 2.52 bits per heavy atom. The van der Waals surface area contributed by atoms with Crippen LogP contribution >= 0.6 is 11.6 Å². The molecule has 0 saturated carbocycles. The molecule has 0 aliphatic carbocycles. The van der Waals surface area contributed by atoms with E-state index >= 15 is 0 Å². The van der Waals surface area contributed by atoms with E-state index in [-0.39, 0.29) is 0 Å². The summed E-state index contributed by atoms with van der Waals surface area (Å²) in [6.45, 7) is 0. The number of methoxy groups -OCH3 is 2. The predicted octanol–water partition coefficient (Wildman–Crippen LogP) is 5.49. The van der Waals surface area contributed by atoms with Crippen LogP contribution in [0.15, 0.2) is 71.8 Å². The Labute approximate surface area is 184 Å². The lowest BCUT2D eigenvalue weighted by Gasteiger charge is -2.22. The number of hydrogen-bond donors (Lipinski definition) is 0. The molecule has 0 spiro atoms. The van der Waals surface area contributed by atoms with E-state index in [0.717, 1.165) is 0 Å². The minimum atomic E-state index is -0.619. The minimum Gasteiger partial charge on any atom is -0.497 e. The van der Waals surface area contributed by atoms with Crippen molar-refractivity contribution in [3.05, 3.63) is 94.3 Å². The molecule has 1 amide bonds. The maximum atomic E-state index is 14.7. The van der Waals surface area contributed by atoms with E-state index < -0.39 is 17.8 Å². The van der Waals surface area contributed by atoms with E-state index in [1.807, 2.05) is 6.07 Å². The Hall–Kier alpha value is -3.38. The molecule has 3 aromatic carbocycles. The van der Waals surface area contributed by atoms with Crippen LogP contribution in [0.2, 0.25) is 5.02 Å². The van der Waals surface area contributed by atoms with Crippen LogP contribution in [-0.4, -0.2) is 30.8 Å². The molecule has 158 valence electrons. The van der Waals surface area contributed by atoms with Crippen LogP contribution < -0.4 is 9.47 Å². The maximum Gasteiger partial charge on any atom is 0.276 e. The van der Waals surface area contributed by atoms with Crippen molar-refractivity contribution in [3.63, 3.8) is 0 Å². The van der Waals surface area contributed by atoms with Crippen molar-refractivity contribution in [2.75, 3.05) is 14.2 Å². The van der Waals surface area contributed by atoms with Gasteiger partial charge in [0.1, 0.15) is 17.3 Å². The van der Waals surface area contributed by atoms with E-state index in [1.165, 1.54) is 11.1 Å². The number of benzene rings is 3. The summed E-state index contributed by atoms with van der Waals surface area (Å²) in [6, 6.07) is 17.9. The third kappa shape index (κ3) is 3.99. The van der Waals surface area contributed by atoms with Crippen LogP contribution in [-0.2, 0) is 0 Å². The predicted molar refractivity (Wildman–Crippen MR) is 117 cm³/mol. The first-order chi connectivity index (χ1) is 15.0. The molecule has 0 saturated heterocycles. The van der Waals surface area contributed by atoms with Crippen LogP contribution in [0.4, 0.5) is 4.39 Å². The van der Waals surface area contributed by atoms with Crippen molar-refractivity contribution in [2.45, 2.75) is 12.5 Å². The standard InChI is InChI=1S/C24H20ClFN2O3/c1-30-15-11-12-18(23(13-15)31-2)21-14-22(17-8-4-6-10-20(17)26)28(27-21)24(29)16-7-3-5-9-19(16)25/h3-13,22H,14H2,1-2H3/t22-/m0/s1. The fourth-order valence-corrected chi connectivity index (χ4v) is 3.86. The summed E-state index contributed by atoms with van der Waals surface area (Å²) >= 11 is 6.25. The largest absolute Gasteiger partial charge is 0.497 e. The van der Waals surface area contributed by atoms with Gasteiger partial charge in [-0.05, 0) is 30.3 Å². The third-order valence-electron chi connectivity index (χ3n) is 5.21. The van der Waals surface area contributed by atoms with Crippen molar-refractivity contribution in [2.24, 2.45) is 5.10 Å². The molecule has 1 heterocycles. The van der Waals surface area contributed by atoms with E-state index in [2.05, 4.69) is 5.10 Å². The summed E-state index contributed by atoms with van der Waals surface area (Å²) in [4.78, 5) is 13.4. The third-order valence-corrected chi connectivity index (χ3v) is 5.54. The zero-order valence-electron chi connectivity index (χ0n) is 17.0. The minimum absolute atomic E-state index is 0.303. The van der Waals surface area contributed by atoms with Crippen molar-refractivity contribution >= 4 is 23.2 Å². The van der Waals surface area contributed by atoms with Gasteiger partial charge < -0.3 is 9.47 Å². The van der Waals surface area contributed by atoms with E-state index in [9.17, 15) is 9.18 Å². The van der Waals surface area contributed by atoms with Gasteiger partial charge in [0.05, 0.1) is 36.6 Å². The van der Waals surface area contributed by atoms with Gasteiger partial charge in [-0.3, -0.25) is 4.79 Å². The van der Waals surface area contributed by atoms with Gasteiger partial charge in [-0.2, -0.15) is 5.10 Å². The number of hydrogen-bond acceptors (Lipinski definition) is 4. The van der Waals surface area contributed by atoms with Crippen molar-refractivity contribution in [1.29, 1.82) is 0 Å². The first-order valence-electron chi connectivity index (χ1n) is 9.66. The van der Waals surface area contributed by atoms with Crippen molar-refractivity contribution in [1.82, 2.24) is 5.01 Å². The molecule has 0 aromatic heterocycles. The highest BCUT2D eigenvalue weighted by molar-refractivity contribution is 6.33. The molecule has 0 fully saturated rings.